The molecule has 0 aliphatic carbocycles. The van der Waals surface area contributed by atoms with Crippen LogP contribution in [0.15, 0.2) is 11.4 Å². The maximum Gasteiger partial charge on any atom is 0.0656 e. The van der Waals surface area contributed by atoms with Gasteiger partial charge >= 0.3 is 0 Å². The summed E-state index contributed by atoms with van der Waals surface area (Å²) in [5, 5.41) is 5.69. The van der Waals surface area contributed by atoms with Crippen molar-refractivity contribution in [3.05, 3.63) is 19.9 Å². The minimum Gasteiger partial charge on any atom is -0.313 e. The number of nitrogens with one attached hydrogen (secondary N) is 1. The van der Waals surface area contributed by atoms with Gasteiger partial charge in [0.2, 0.25) is 0 Å². The Morgan fingerprint density at radius 3 is 2.71 bits per heavy atom. The van der Waals surface area contributed by atoms with Crippen LogP contribution in [0.25, 0.3) is 0 Å². The highest BCUT2D eigenvalue weighted by atomic mass is 127. The second-order valence-electron chi connectivity index (χ2n) is 3.72. The van der Waals surface area contributed by atoms with Crippen molar-refractivity contribution in [3.63, 3.8) is 0 Å². The summed E-state index contributed by atoms with van der Waals surface area (Å²) < 4.78 is 1.38. The Balaban J connectivity index is 2.71. The SMILES string of the molecule is CCCC(C)C(NC)c1csc(I)c1. The topological polar surface area (TPSA) is 12.0 Å². The molecule has 0 bridgehead atoms. The molecule has 0 saturated heterocycles. The second kappa shape index (κ2) is 6.08. The molecule has 14 heavy (non-hydrogen) atoms. The van der Waals surface area contributed by atoms with Gasteiger partial charge in [0.25, 0.3) is 0 Å². The van der Waals surface area contributed by atoms with E-state index in [9.17, 15) is 0 Å². The molecule has 0 spiro atoms. The third kappa shape index (κ3) is 3.21. The van der Waals surface area contributed by atoms with E-state index in [0.717, 1.165) is 5.92 Å². The Labute approximate surface area is 104 Å². The zero-order valence-corrected chi connectivity index (χ0v) is 12.0. The fraction of sp³-hybridized carbons (Fsp3) is 0.636. The molecule has 0 aromatic carbocycles. The van der Waals surface area contributed by atoms with Crippen molar-refractivity contribution in [1.29, 1.82) is 0 Å². The van der Waals surface area contributed by atoms with E-state index < -0.39 is 0 Å². The molecule has 80 valence electrons. The zero-order valence-electron chi connectivity index (χ0n) is 9.01. The van der Waals surface area contributed by atoms with E-state index in [0.29, 0.717) is 6.04 Å². The first-order chi connectivity index (χ1) is 6.69. The van der Waals surface area contributed by atoms with E-state index in [1.54, 1.807) is 0 Å². The number of hydrogen-bond donors (Lipinski definition) is 1. The minimum absolute atomic E-state index is 0.523. The summed E-state index contributed by atoms with van der Waals surface area (Å²) in [5.41, 5.74) is 1.45. The maximum atomic E-state index is 3.42. The van der Waals surface area contributed by atoms with Crippen molar-refractivity contribution < 1.29 is 0 Å². The van der Waals surface area contributed by atoms with E-state index in [4.69, 9.17) is 0 Å². The van der Waals surface area contributed by atoms with Crippen LogP contribution >= 0.6 is 33.9 Å². The smallest absolute Gasteiger partial charge is 0.0656 e. The molecule has 1 rings (SSSR count). The Morgan fingerprint density at radius 1 is 1.57 bits per heavy atom. The predicted molar refractivity (Wildman–Crippen MR) is 72.9 cm³/mol. The Hall–Kier alpha value is 0.390. The molecule has 1 aromatic rings. The van der Waals surface area contributed by atoms with E-state index in [1.165, 1.54) is 21.3 Å². The van der Waals surface area contributed by atoms with Crippen LogP contribution in [0, 0.1) is 8.80 Å². The number of halogens is 1. The molecular formula is C11H18INS. The Morgan fingerprint density at radius 2 is 2.29 bits per heavy atom. The predicted octanol–water partition coefficient (Wildman–Crippen LogP) is 4.05. The molecule has 1 N–H and O–H groups in total. The normalized spacial score (nSPS) is 15.4. The summed E-state index contributed by atoms with van der Waals surface area (Å²) >= 11 is 4.22. The van der Waals surface area contributed by atoms with Crippen molar-refractivity contribution in [2.24, 2.45) is 5.92 Å². The summed E-state index contributed by atoms with van der Waals surface area (Å²) in [6, 6.07) is 2.81. The lowest BCUT2D eigenvalue weighted by molar-refractivity contribution is 0.384. The average Bonchev–Trinajstić information content (AvgIpc) is 2.54. The minimum atomic E-state index is 0.523. The molecule has 2 atom stereocenters. The van der Waals surface area contributed by atoms with Crippen molar-refractivity contribution in [3.8, 4) is 0 Å². The van der Waals surface area contributed by atoms with Gasteiger partial charge in [0, 0.05) is 6.04 Å². The third-order valence-electron chi connectivity index (χ3n) is 2.57. The van der Waals surface area contributed by atoms with Crippen molar-refractivity contribution in [2.75, 3.05) is 7.05 Å². The summed E-state index contributed by atoms with van der Waals surface area (Å²) in [4.78, 5) is 0. The lowest BCUT2D eigenvalue weighted by atomic mass is 9.93. The van der Waals surface area contributed by atoms with E-state index >= 15 is 0 Å². The fourth-order valence-corrected chi connectivity index (χ4v) is 3.30. The van der Waals surface area contributed by atoms with Gasteiger partial charge in [0.15, 0.2) is 0 Å². The van der Waals surface area contributed by atoms with Crippen LogP contribution < -0.4 is 5.32 Å². The third-order valence-corrected chi connectivity index (χ3v) is 4.38. The van der Waals surface area contributed by atoms with Crippen LogP contribution in [-0.2, 0) is 0 Å². The quantitative estimate of drug-likeness (QED) is 0.806. The van der Waals surface area contributed by atoms with Crippen LogP contribution in [0.1, 0.15) is 38.3 Å². The Kier molecular flexibility index (Phi) is 5.41. The van der Waals surface area contributed by atoms with Gasteiger partial charge in [-0.1, -0.05) is 20.3 Å². The molecule has 0 amide bonds. The van der Waals surface area contributed by atoms with Gasteiger partial charge in [0.1, 0.15) is 0 Å². The van der Waals surface area contributed by atoms with Gasteiger partial charge in [0.05, 0.1) is 2.88 Å². The average molecular weight is 323 g/mol. The standard InChI is InChI=1S/C11H18INS/c1-4-5-8(2)11(13-3)9-6-10(12)14-7-9/h6-8,11,13H,4-5H2,1-3H3. The van der Waals surface area contributed by atoms with Gasteiger partial charge in [-0.05, 0) is 59.0 Å². The van der Waals surface area contributed by atoms with Gasteiger partial charge in [-0.2, -0.15) is 0 Å². The molecule has 1 nitrogen and oxygen atoms in total. The molecular weight excluding hydrogens is 305 g/mol. The van der Waals surface area contributed by atoms with Gasteiger partial charge < -0.3 is 5.32 Å². The van der Waals surface area contributed by atoms with Crippen molar-refractivity contribution in [1.82, 2.24) is 5.32 Å². The van der Waals surface area contributed by atoms with Gasteiger partial charge in [-0.25, -0.2) is 0 Å². The maximum absolute atomic E-state index is 3.42. The first-order valence-corrected chi connectivity index (χ1v) is 7.06. The van der Waals surface area contributed by atoms with Gasteiger partial charge in [-0.15, -0.1) is 11.3 Å². The molecule has 0 saturated carbocycles. The first-order valence-electron chi connectivity index (χ1n) is 5.10. The highest BCUT2D eigenvalue weighted by Gasteiger charge is 2.17. The lowest BCUT2D eigenvalue weighted by Crippen LogP contribution is -2.22. The molecule has 1 aromatic heterocycles. The number of hydrogen-bond acceptors (Lipinski definition) is 2. The summed E-state index contributed by atoms with van der Waals surface area (Å²) in [6.45, 7) is 4.58. The number of rotatable bonds is 5. The van der Waals surface area contributed by atoms with E-state index in [1.807, 2.05) is 11.3 Å². The van der Waals surface area contributed by atoms with Crippen LogP contribution in [0.3, 0.4) is 0 Å². The number of thiophene rings is 1. The molecule has 0 aliphatic heterocycles. The van der Waals surface area contributed by atoms with Crippen LogP contribution in [-0.4, -0.2) is 7.05 Å². The summed E-state index contributed by atoms with van der Waals surface area (Å²) in [7, 11) is 2.06. The highest BCUT2D eigenvalue weighted by Crippen LogP contribution is 2.29. The van der Waals surface area contributed by atoms with E-state index in [2.05, 4.69) is 60.2 Å². The summed E-state index contributed by atoms with van der Waals surface area (Å²) in [6.07, 6.45) is 2.55. The molecule has 0 radical (unpaired) electrons. The van der Waals surface area contributed by atoms with E-state index in [-0.39, 0.29) is 0 Å². The molecule has 3 heteroatoms. The monoisotopic (exact) mass is 323 g/mol. The second-order valence-corrected chi connectivity index (χ2v) is 6.52. The summed E-state index contributed by atoms with van der Waals surface area (Å²) in [5.74, 6) is 0.718. The molecule has 2 unspecified atom stereocenters. The largest absolute Gasteiger partial charge is 0.313 e. The molecule has 1 heterocycles. The zero-order chi connectivity index (χ0) is 10.6. The Bertz CT molecular complexity index is 272. The van der Waals surface area contributed by atoms with Crippen LogP contribution in [0.2, 0.25) is 0 Å². The van der Waals surface area contributed by atoms with Crippen molar-refractivity contribution >= 4 is 33.9 Å². The lowest BCUT2D eigenvalue weighted by Gasteiger charge is -2.22. The molecule has 0 aliphatic rings. The fourth-order valence-electron chi connectivity index (χ4n) is 1.89. The van der Waals surface area contributed by atoms with Crippen LogP contribution in [0.5, 0.6) is 0 Å². The van der Waals surface area contributed by atoms with Gasteiger partial charge in [-0.3, -0.25) is 0 Å². The molecule has 0 fully saturated rings. The first kappa shape index (κ1) is 12.5. The van der Waals surface area contributed by atoms with Crippen LogP contribution in [0.4, 0.5) is 0 Å². The highest BCUT2D eigenvalue weighted by molar-refractivity contribution is 14.1. The van der Waals surface area contributed by atoms with Crippen molar-refractivity contribution in [2.45, 2.75) is 32.7 Å².